The van der Waals surface area contributed by atoms with Gasteiger partial charge >= 0.3 is 0 Å². The Hall–Kier alpha value is -2.48. The molecule has 1 saturated heterocycles. The third-order valence-corrected chi connectivity index (χ3v) is 4.35. The lowest BCUT2D eigenvalue weighted by Crippen LogP contribution is -2.26. The Balaban J connectivity index is 1.74. The van der Waals surface area contributed by atoms with Crippen LogP contribution >= 0.6 is 0 Å². The summed E-state index contributed by atoms with van der Waals surface area (Å²) in [5.74, 6) is 1.34. The van der Waals surface area contributed by atoms with Gasteiger partial charge in [-0.25, -0.2) is 0 Å². The number of aromatic nitrogens is 2. The fourth-order valence-electron chi connectivity index (χ4n) is 2.97. The molecule has 2 aromatic rings. The molecule has 1 aliphatic heterocycles. The van der Waals surface area contributed by atoms with Crippen molar-refractivity contribution in [1.29, 1.82) is 0 Å². The number of anilines is 1. The molecule has 1 aromatic carbocycles. The molecule has 1 aromatic heterocycles. The Kier molecular flexibility index (Phi) is 4.75. The maximum absolute atomic E-state index is 11.0. The van der Waals surface area contributed by atoms with Crippen LogP contribution < -0.4 is 5.73 Å². The van der Waals surface area contributed by atoms with Crippen LogP contribution in [0.5, 0.6) is 0 Å². The minimum atomic E-state index is -0.521. The van der Waals surface area contributed by atoms with Crippen molar-refractivity contribution in [1.82, 2.24) is 10.1 Å². The van der Waals surface area contributed by atoms with Crippen LogP contribution in [-0.4, -0.2) is 27.8 Å². The van der Waals surface area contributed by atoms with Crippen LogP contribution in [0.25, 0.3) is 11.4 Å². The number of hydrogen-bond donors (Lipinski definition) is 1. The predicted octanol–water partition coefficient (Wildman–Crippen LogP) is 2.97. The van der Waals surface area contributed by atoms with Gasteiger partial charge in [0.1, 0.15) is 5.69 Å². The topological polar surface area (TPSA) is 117 Å². The summed E-state index contributed by atoms with van der Waals surface area (Å²) in [7, 11) is 0. The van der Waals surface area contributed by atoms with Gasteiger partial charge in [-0.1, -0.05) is 12.1 Å². The number of nitro groups is 1. The van der Waals surface area contributed by atoms with Gasteiger partial charge in [0.05, 0.1) is 11.0 Å². The van der Waals surface area contributed by atoms with Gasteiger partial charge in [-0.15, -0.1) is 0 Å². The van der Waals surface area contributed by atoms with E-state index >= 15 is 0 Å². The minimum absolute atomic E-state index is 0.111. The van der Waals surface area contributed by atoms with E-state index in [9.17, 15) is 10.1 Å². The van der Waals surface area contributed by atoms with Crippen molar-refractivity contribution in [2.45, 2.75) is 38.7 Å². The molecule has 3 rings (SSSR count). The quantitative estimate of drug-likeness (QED) is 0.508. The van der Waals surface area contributed by atoms with Crippen molar-refractivity contribution in [3.8, 4) is 11.4 Å². The lowest BCUT2D eigenvalue weighted by molar-refractivity contribution is -0.383. The second kappa shape index (κ2) is 6.96. The molecular formula is C16H20N4O4. The maximum atomic E-state index is 11.0. The Morgan fingerprint density at radius 2 is 2.29 bits per heavy atom. The van der Waals surface area contributed by atoms with Gasteiger partial charge < -0.3 is 15.0 Å². The number of rotatable bonds is 5. The van der Waals surface area contributed by atoms with Gasteiger partial charge in [-0.05, 0) is 37.3 Å². The summed E-state index contributed by atoms with van der Waals surface area (Å²) in [6.07, 6.45) is 3.96. The molecule has 0 spiro atoms. The lowest BCUT2D eigenvalue weighted by atomic mass is 9.91. The SMILES string of the molecule is CC[C@H]1C[C@H](Cc2nc(-c3ccc(N)c([N+](=O)[O-])c3)no2)CCO1. The molecule has 0 amide bonds. The van der Waals surface area contributed by atoms with E-state index in [-0.39, 0.29) is 11.4 Å². The number of hydrogen-bond acceptors (Lipinski definition) is 7. The smallest absolute Gasteiger partial charge is 0.292 e. The van der Waals surface area contributed by atoms with Crippen LogP contribution in [0.3, 0.4) is 0 Å². The number of nitrogen functional groups attached to an aromatic ring is 1. The Morgan fingerprint density at radius 1 is 1.46 bits per heavy atom. The zero-order valence-corrected chi connectivity index (χ0v) is 13.5. The summed E-state index contributed by atoms with van der Waals surface area (Å²) in [4.78, 5) is 14.8. The van der Waals surface area contributed by atoms with Crippen molar-refractivity contribution < 1.29 is 14.2 Å². The fourth-order valence-corrected chi connectivity index (χ4v) is 2.97. The molecule has 0 unspecified atom stereocenters. The second-order valence-corrected chi connectivity index (χ2v) is 6.04. The molecule has 2 N–H and O–H groups in total. The summed E-state index contributed by atoms with van der Waals surface area (Å²) in [6.45, 7) is 2.88. The first kappa shape index (κ1) is 16.4. The average Bonchev–Trinajstić information content (AvgIpc) is 3.03. The molecule has 0 bridgehead atoms. The first-order chi connectivity index (χ1) is 11.6. The van der Waals surface area contributed by atoms with Crippen LogP contribution in [0.4, 0.5) is 11.4 Å². The number of nitrogens with zero attached hydrogens (tertiary/aromatic N) is 3. The zero-order valence-electron chi connectivity index (χ0n) is 13.5. The largest absolute Gasteiger partial charge is 0.393 e. The van der Waals surface area contributed by atoms with Gasteiger partial charge in [0.15, 0.2) is 0 Å². The molecule has 2 atom stereocenters. The van der Waals surface area contributed by atoms with Crippen LogP contribution in [0.2, 0.25) is 0 Å². The van der Waals surface area contributed by atoms with Crippen molar-refractivity contribution in [3.05, 3.63) is 34.2 Å². The molecule has 24 heavy (non-hydrogen) atoms. The highest BCUT2D eigenvalue weighted by molar-refractivity contribution is 5.68. The molecule has 1 fully saturated rings. The molecule has 0 saturated carbocycles. The summed E-state index contributed by atoms with van der Waals surface area (Å²) in [5.41, 5.74) is 6.08. The molecule has 0 aliphatic carbocycles. The predicted molar refractivity (Wildman–Crippen MR) is 87.3 cm³/mol. The zero-order chi connectivity index (χ0) is 17.1. The van der Waals surface area contributed by atoms with E-state index < -0.39 is 4.92 Å². The summed E-state index contributed by atoms with van der Waals surface area (Å²) < 4.78 is 11.0. The van der Waals surface area contributed by atoms with Crippen molar-refractivity contribution >= 4 is 11.4 Å². The second-order valence-electron chi connectivity index (χ2n) is 6.04. The van der Waals surface area contributed by atoms with Gasteiger partial charge in [0, 0.05) is 24.7 Å². The number of nitro benzene ring substituents is 1. The molecule has 128 valence electrons. The summed E-state index contributed by atoms with van der Waals surface area (Å²) in [5, 5.41) is 14.9. The molecule has 2 heterocycles. The maximum Gasteiger partial charge on any atom is 0.292 e. The first-order valence-electron chi connectivity index (χ1n) is 8.05. The van der Waals surface area contributed by atoms with Gasteiger partial charge in [0.2, 0.25) is 11.7 Å². The van der Waals surface area contributed by atoms with Crippen LogP contribution in [0.15, 0.2) is 22.7 Å². The molecular weight excluding hydrogens is 312 g/mol. The highest BCUT2D eigenvalue weighted by Crippen LogP contribution is 2.29. The first-order valence-corrected chi connectivity index (χ1v) is 8.05. The van der Waals surface area contributed by atoms with Crippen LogP contribution in [0.1, 0.15) is 32.1 Å². The Labute approximate surface area is 139 Å². The molecule has 8 heteroatoms. The van der Waals surface area contributed by atoms with Crippen LogP contribution in [0, 0.1) is 16.0 Å². The van der Waals surface area contributed by atoms with Crippen molar-refractivity contribution in [2.75, 3.05) is 12.3 Å². The number of nitrogens with two attached hydrogens (primary N) is 1. The Morgan fingerprint density at radius 3 is 3.04 bits per heavy atom. The lowest BCUT2D eigenvalue weighted by Gasteiger charge is -2.27. The Bertz CT molecular complexity index is 731. The monoisotopic (exact) mass is 332 g/mol. The van der Waals surface area contributed by atoms with Crippen molar-refractivity contribution in [2.24, 2.45) is 5.92 Å². The minimum Gasteiger partial charge on any atom is -0.393 e. The van der Waals surface area contributed by atoms with E-state index in [2.05, 4.69) is 17.1 Å². The normalized spacial score (nSPS) is 20.9. The average molecular weight is 332 g/mol. The van der Waals surface area contributed by atoms with E-state index in [1.807, 2.05) is 0 Å². The third-order valence-electron chi connectivity index (χ3n) is 4.35. The third kappa shape index (κ3) is 3.53. The highest BCUT2D eigenvalue weighted by Gasteiger charge is 2.24. The number of benzene rings is 1. The van der Waals surface area contributed by atoms with E-state index in [0.717, 1.165) is 25.9 Å². The van der Waals surface area contributed by atoms with E-state index in [4.69, 9.17) is 15.0 Å². The van der Waals surface area contributed by atoms with Crippen LogP contribution in [-0.2, 0) is 11.2 Å². The van der Waals surface area contributed by atoms with Crippen molar-refractivity contribution in [3.63, 3.8) is 0 Å². The summed E-state index contributed by atoms with van der Waals surface area (Å²) in [6, 6.07) is 4.50. The summed E-state index contributed by atoms with van der Waals surface area (Å²) >= 11 is 0. The molecule has 8 nitrogen and oxygen atoms in total. The van der Waals surface area contributed by atoms with E-state index in [0.29, 0.717) is 35.7 Å². The van der Waals surface area contributed by atoms with E-state index in [1.54, 1.807) is 6.07 Å². The highest BCUT2D eigenvalue weighted by atomic mass is 16.6. The number of ether oxygens (including phenoxy) is 1. The standard InChI is InChI=1S/C16H20N4O4/c1-2-12-7-10(5-6-23-12)8-15-18-16(19-24-15)11-3-4-13(17)14(9-11)20(21)22/h3-4,9-10,12H,2,5-8,17H2,1H3/t10-,12+/m1/s1. The molecule has 0 radical (unpaired) electrons. The molecule has 1 aliphatic rings. The van der Waals surface area contributed by atoms with Gasteiger partial charge in [-0.2, -0.15) is 4.98 Å². The van der Waals surface area contributed by atoms with Gasteiger partial charge in [0.25, 0.3) is 5.69 Å². The van der Waals surface area contributed by atoms with E-state index in [1.165, 1.54) is 12.1 Å². The fraction of sp³-hybridized carbons (Fsp3) is 0.500. The van der Waals surface area contributed by atoms with Gasteiger partial charge in [-0.3, -0.25) is 10.1 Å².